The number of carbonyl (C=O) groups excluding carboxylic acids is 1. The standard InChI is InChI=1S/C15H23N3O3/c1-3-21-14-13(7-4-8-16-14)17-15(20)18-9-5-6-12(18)10-11(2)19/h4,7-8,11-12,19H,3,5-6,9-10H2,1-2H3,(H,17,20)/t11-,12-/m0/s1. The third-order valence-corrected chi connectivity index (χ3v) is 3.54. The lowest BCUT2D eigenvalue weighted by Crippen LogP contribution is -2.40. The minimum absolute atomic E-state index is 0.0946. The van der Waals surface area contributed by atoms with Crippen LogP contribution >= 0.6 is 0 Å². The first kappa shape index (κ1) is 15.6. The van der Waals surface area contributed by atoms with Gasteiger partial charge in [0, 0.05) is 18.8 Å². The van der Waals surface area contributed by atoms with Crippen molar-refractivity contribution >= 4 is 11.7 Å². The molecule has 21 heavy (non-hydrogen) atoms. The fourth-order valence-corrected chi connectivity index (χ4v) is 2.67. The fourth-order valence-electron chi connectivity index (χ4n) is 2.67. The van der Waals surface area contributed by atoms with Crippen LogP contribution < -0.4 is 10.1 Å². The normalized spacial score (nSPS) is 19.4. The van der Waals surface area contributed by atoms with Crippen LogP contribution in [-0.4, -0.2) is 46.3 Å². The van der Waals surface area contributed by atoms with Crippen molar-refractivity contribution in [2.45, 2.75) is 45.3 Å². The zero-order valence-corrected chi connectivity index (χ0v) is 12.6. The molecule has 1 aromatic heterocycles. The number of nitrogens with one attached hydrogen (secondary N) is 1. The monoisotopic (exact) mass is 293 g/mol. The summed E-state index contributed by atoms with van der Waals surface area (Å²) in [6.07, 6.45) is 3.74. The molecule has 0 bridgehead atoms. The van der Waals surface area contributed by atoms with Crippen molar-refractivity contribution < 1.29 is 14.6 Å². The summed E-state index contributed by atoms with van der Waals surface area (Å²) in [6, 6.07) is 3.47. The van der Waals surface area contributed by atoms with E-state index in [0.717, 1.165) is 12.8 Å². The Morgan fingerprint density at radius 2 is 2.48 bits per heavy atom. The van der Waals surface area contributed by atoms with E-state index < -0.39 is 6.10 Å². The quantitative estimate of drug-likeness (QED) is 0.873. The van der Waals surface area contributed by atoms with E-state index in [1.54, 1.807) is 30.2 Å². The molecule has 1 aromatic rings. The molecule has 1 fully saturated rings. The summed E-state index contributed by atoms with van der Waals surface area (Å²) >= 11 is 0. The van der Waals surface area contributed by atoms with E-state index in [4.69, 9.17) is 4.74 Å². The van der Waals surface area contributed by atoms with E-state index >= 15 is 0 Å². The second-order valence-electron chi connectivity index (χ2n) is 5.29. The number of hydrogen-bond acceptors (Lipinski definition) is 4. The third-order valence-electron chi connectivity index (χ3n) is 3.54. The number of anilines is 1. The Labute approximate surface area is 125 Å². The Bertz CT molecular complexity index is 479. The van der Waals surface area contributed by atoms with Crippen LogP contribution in [0.5, 0.6) is 5.88 Å². The number of likely N-dealkylation sites (tertiary alicyclic amines) is 1. The lowest BCUT2D eigenvalue weighted by molar-refractivity contribution is 0.142. The van der Waals surface area contributed by atoms with Crippen molar-refractivity contribution in [3.63, 3.8) is 0 Å². The molecule has 0 unspecified atom stereocenters. The topological polar surface area (TPSA) is 74.7 Å². The summed E-state index contributed by atoms with van der Waals surface area (Å²) < 4.78 is 5.41. The number of hydrogen-bond donors (Lipinski definition) is 2. The first-order valence-electron chi connectivity index (χ1n) is 7.45. The van der Waals surface area contributed by atoms with Crippen molar-refractivity contribution in [2.24, 2.45) is 0 Å². The largest absolute Gasteiger partial charge is 0.476 e. The van der Waals surface area contributed by atoms with Crippen LogP contribution in [0.3, 0.4) is 0 Å². The molecule has 0 radical (unpaired) electrons. The maximum Gasteiger partial charge on any atom is 0.322 e. The van der Waals surface area contributed by atoms with Crippen LogP contribution in [0.15, 0.2) is 18.3 Å². The molecule has 2 atom stereocenters. The molecular weight excluding hydrogens is 270 g/mol. The van der Waals surface area contributed by atoms with E-state index in [1.807, 2.05) is 6.92 Å². The van der Waals surface area contributed by atoms with Crippen LogP contribution in [0.25, 0.3) is 0 Å². The lowest BCUT2D eigenvalue weighted by atomic mass is 10.1. The van der Waals surface area contributed by atoms with Crippen molar-refractivity contribution in [3.05, 3.63) is 18.3 Å². The van der Waals surface area contributed by atoms with Crippen molar-refractivity contribution in [3.8, 4) is 5.88 Å². The molecule has 0 aliphatic carbocycles. The summed E-state index contributed by atoms with van der Waals surface area (Å²) in [5, 5.41) is 12.4. The number of amides is 2. The van der Waals surface area contributed by atoms with E-state index in [-0.39, 0.29) is 12.1 Å². The summed E-state index contributed by atoms with van der Waals surface area (Å²) in [6.45, 7) is 4.84. The van der Waals surface area contributed by atoms with Crippen LogP contribution in [0.2, 0.25) is 0 Å². The van der Waals surface area contributed by atoms with Gasteiger partial charge in [0.2, 0.25) is 5.88 Å². The van der Waals surface area contributed by atoms with E-state index in [0.29, 0.717) is 31.1 Å². The average Bonchev–Trinajstić information content (AvgIpc) is 2.88. The van der Waals surface area contributed by atoms with Gasteiger partial charge in [-0.05, 0) is 45.2 Å². The highest BCUT2D eigenvalue weighted by atomic mass is 16.5. The predicted octanol–water partition coefficient (Wildman–Crippen LogP) is 2.25. The zero-order valence-electron chi connectivity index (χ0n) is 12.6. The van der Waals surface area contributed by atoms with Crippen LogP contribution in [0.1, 0.15) is 33.1 Å². The molecule has 0 saturated carbocycles. The second kappa shape index (κ2) is 7.26. The Balaban J connectivity index is 2.04. The molecule has 6 nitrogen and oxygen atoms in total. The first-order valence-corrected chi connectivity index (χ1v) is 7.45. The van der Waals surface area contributed by atoms with Gasteiger partial charge in [-0.1, -0.05) is 0 Å². The molecule has 2 heterocycles. The molecule has 2 N–H and O–H groups in total. The number of aliphatic hydroxyl groups is 1. The molecule has 2 amide bonds. The minimum Gasteiger partial charge on any atom is -0.476 e. The Hall–Kier alpha value is -1.82. The summed E-state index contributed by atoms with van der Waals surface area (Å²) in [5.74, 6) is 0.430. The molecule has 6 heteroatoms. The first-order chi connectivity index (χ1) is 10.1. The van der Waals surface area contributed by atoms with Crippen molar-refractivity contribution in [1.29, 1.82) is 0 Å². The van der Waals surface area contributed by atoms with Crippen LogP contribution in [-0.2, 0) is 0 Å². The molecule has 1 aliphatic heterocycles. The average molecular weight is 293 g/mol. The fraction of sp³-hybridized carbons (Fsp3) is 0.600. The van der Waals surface area contributed by atoms with Crippen LogP contribution in [0.4, 0.5) is 10.5 Å². The smallest absolute Gasteiger partial charge is 0.322 e. The molecule has 0 aromatic carbocycles. The summed E-state index contributed by atoms with van der Waals surface area (Å²) in [7, 11) is 0. The summed E-state index contributed by atoms with van der Waals surface area (Å²) in [4.78, 5) is 18.3. The second-order valence-corrected chi connectivity index (χ2v) is 5.29. The number of urea groups is 1. The number of rotatable bonds is 5. The summed E-state index contributed by atoms with van der Waals surface area (Å²) in [5.41, 5.74) is 0.576. The van der Waals surface area contributed by atoms with Gasteiger partial charge in [0.05, 0.1) is 12.7 Å². The van der Waals surface area contributed by atoms with Gasteiger partial charge in [0.1, 0.15) is 5.69 Å². The molecule has 1 saturated heterocycles. The van der Waals surface area contributed by atoms with Gasteiger partial charge in [0.25, 0.3) is 0 Å². The number of nitrogens with zero attached hydrogens (tertiary/aromatic N) is 2. The maximum absolute atomic E-state index is 12.4. The zero-order chi connectivity index (χ0) is 15.2. The van der Waals surface area contributed by atoms with E-state index in [2.05, 4.69) is 10.3 Å². The number of aromatic nitrogens is 1. The molecule has 116 valence electrons. The van der Waals surface area contributed by atoms with Crippen molar-refractivity contribution in [1.82, 2.24) is 9.88 Å². The number of ether oxygens (including phenoxy) is 1. The van der Waals surface area contributed by atoms with Gasteiger partial charge in [-0.3, -0.25) is 0 Å². The molecule has 0 spiro atoms. The minimum atomic E-state index is -0.402. The molecular formula is C15H23N3O3. The van der Waals surface area contributed by atoms with E-state index in [9.17, 15) is 9.90 Å². The van der Waals surface area contributed by atoms with E-state index in [1.165, 1.54) is 0 Å². The molecule has 2 rings (SSSR count). The SMILES string of the molecule is CCOc1ncccc1NC(=O)N1CCC[C@H]1C[C@H](C)O. The van der Waals surface area contributed by atoms with Gasteiger partial charge in [-0.2, -0.15) is 0 Å². The van der Waals surface area contributed by atoms with Gasteiger partial charge in [0.15, 0.2) is 0 Å². The Morgan fingerprint density at radius 3 is 3.19 bits per heavy atom. The van der Waals surface area contributed by atoms with Gasteiger partial charge in [-0.15, -0.1) is 0 Å². The highest BCUT2D eigenvalue weighted by Gasteiger charge is 2.29. The third kappa shape index (κ3) is 4.07. The maximum atomic E-state index is 12.4. The number of pyridine rings is 1. The number of aliphatic hydroxyl groups excluding tert-OH is 1. The van der Waals surface area contributed by atoms with Gasteiger partial charge in [-0.25, -0.2) is 9.78 Å². The van der Waals surface area contributed by atoms with Gasteiger partial charge < -0.3 is 20.1 Å². The molecule has 1 aliphatic rings. The van der Waals surface area contributed by atoms with Crippen molar-refractivity contribution in [2.75, 3.05) is 18.5 Å². The highest BCUT2D eigenvalue weighted by molar-refractivity contribution is 5.90. The van der Waals surface area contributed by atoms with Crippen LogP contribution in [0, 0.1) is 0 Å². The highest BCUT2D eigenvalue weighted by Crippen LogP contribution is 2.25. The lowest BCUT2D eigenvalue weighted by Gasteiger charge is -2.26. The predicted molar refractivity (Wildman–Crippen MR) is 80.5 cm³/mol. The Kier molecular flexibility index (Phi) is 5.38. The number of carbonyl (C=O) groups is 1. The Morgan fingerprint density at radius 1 is 1.67 bits per heavy atom. The van der Waals surface area contributed by atoms with Gasteiger partial charge >= 0.3 is 6.03 Å².